The number of furan rings is 1. The van der Waals surface area contributed by atoms with E-state index in [0.717, 1.165) is 21.0 Å². The van der Waals surface area contributed by atoms with Gasteiger partial charge in [-0.05, 0) is 34.1 Å². The van der Waals surface area contributed by atoms with Crippen LogP contribution in [0.25, 0.3) is 0 Å². The highest BCUT2D eigenvalue weighted by Gasteiger charge is 2.00. The fourth-order valence-electron chi connectivity index (χ4n) is 1.01. The number of pyridine rings is 1. The summed E-state index contributed by atoms with van der Waals surface area (Å²) in [5.74, 6) is 1.76. The Labute approximate surface area is 94.9 Å². The molecule has 0 amide bonds. The number of halogens is 1. The average Bonchev–Trinajstić information content (AvgIpc) is 2.63. The Morgan fingerprint density at radius 2 is 2.36 bits per heavy atom. The summed E-state index contributed by atoms with van der Waals surface area (Å²) in [5, 5.41) is 1.01. The first-order chi connectivity index (χ1) is 6.84. The zero-order valence-corrected chi connectivity index (χ0v) is 9.72. The van der Waals surface area contributed by atoms with Gasteiger partial charge in [0.1, 0.15) is 12.0 Å². The van der Waals surface area contributed by atoms with Crippen LogP contribution in [0.15, 0.2) is 50.6 Å². The molecule has 0 aromatic carbocycles. The van der Waals surface area contributed by atoms with Gasteiger partial charge in [0.2, 0.25) is 0 Å². The van der Waals surface area contributed by atoms with E-state index >= 15 is 0 Å². The van der Waals surface area contributed by atoms with Gasteiger partial charge in [-0.25, -0.2) is 4.98 Å². The second-order valence-corrected chi connectivity index (χ2v) is 4.60. The van der Waals surface area contributed by atoms with Crippen molar-refractivity contribution in [2.75, 3.05) is 0 Å². The SMILES string of the molecule is Brc1coc(CSc2ccccn2)c1. The van der Waals surface area contributed by atoms with E-state index in [9.17, 15) is 0 Å². The number of nitrogens with zero attached hydrogens (tertiary/aromatic N) is 1. The zero-order valence-electron chi connectivity index (χ0n) is 7.31. The van der Waals surface area contributed by atoms with Gasteiger partial charge in [0.15, 0.2) is 0 Å². The standard InChI is InChI=1S/C10H8BrNOS/c11-8-5-9(13-6-8)7-14-10-3-1-2-4-12-10/h1-6H,7H2. The normalized spacial score (nSPS) is 10.4. The first kappa shape index (κ1) is 9.80. The number of rotatable bonds is 3. The largest absolute Gasteiger partial charge is 0.467 e. The molecule has 14 heavy (non-hydrogen) atoms. The lowest BCUT2D eigenvalue weighted by Crippen LogP contribution is -1.78. The summed E-state index contributed by atoms with van der Waals surface area (Å²) in [4.78, 5) is 4.21. The maximum atomic E-state index is 5.29. The van der Waals surface area contributed by atoms with Crippen molar-refractivity contribution in [3.63, 3.8) is 0 Å². The van der Waals surface area contributed by atoms with Crippen LogP contribution >= 0.6 is 27.7 Å². The van der Waals surface area contributed by atoms with Crippen LogP contribution in [0.1, 0.15) is 5.76 Å². The molecule has 0 bridgehead atoms. The molecule has 2 nitrogen and oxygen atoms in total. The number of hydrogen-bond donors (Lipinski definition) is 0. The molecule has 0 unspecified atom stereocenters. The molecule has 0 aliphatic carbocycles. The Balaban J connectivity index is 1.95. The minimum atomic E-state index is 0.808. The molecule has 0 saturated carbocycles. The molecular weight excluding hydrogens is 262 g/mol. The van der Waals surface area contributed by atoms with Gasteiger partial charge in [0.25, 0.3) is 0 Å². The van der Waals surface area contributed by atoms with Gasteiger partial charge in [0.05, 0.1) is 15.3 Å². The molecule has 0 atom stereocenters. The summed E-state index contributed by atoms with van der Waals surface area (Å²) in [6, 6.07) is 7.85. The van der Waals surface area contributed by atoms with Crippen LogP contribution in [-0.2, 0) is 5.75 Å². The van der Waals surface area contributed by atoms with Crippen LogP contribution in [-0.4, -0.2) is 4.98 Å². The van der Waals surface area contributed by atoms with Crippen molar-refractivity contribution in [1.82, 2.24) is 4.98 Å². The van der Waals surface area contributed by atoms with E-state index in [1.54, 1.807) is 24.2 Å². The Kier molecular flexibility index (Phi) is 3.26. The van der Waals surface area contributed by atoms with Gasteiger partial charge in [-0.3, -0.25) is 0 Å². The molecule has 0 aliphatic heterocycles. The summed E-state index contributed by atoms with van der Waals surface area (Å²) < 4.78 is 6.27. The van der Waals surface area contributed by atoms with E-state index in [1.165, 1.54) is 0 Å². The topological polar surface area (TPSA) is 26.0 Å². The molecule has 0 radical (unpaired) electrons. The van der Waals surface area contributed by atoms with Crippen molar-refractivity contribution in [3.8, 4) is 0 Å². The molecule has 2 aromatic rings. The quantitative estimate of drug-likeness (QED) is 0.795. The summed E-state index contributed by atoms with van der Waals surface area (Å²) in [6.45, 7) is 0. The Hall–Kier alpha value is -0.740. The van der Waals surface area contributed by atoms with Gasteiger partial charge in [0, 0.05) is 6.20 Å². The van der Waals surface area contributed by atoms with Gasteiger partial charge in [-0.15, -0.1) is 0 Å². The number of hydrogen-bond acceptors (Lipinski definition) is 3. The van der Waals surface area contributed by atoms with E-state index < -0.39 is 0 Å². The van der Waals surface area contributed by atoms with Crippen molar-refractivity contribution >= 4 is 27.7 Å². The van der Waals surface area contributed by atoms with E-state index in [2.05, 4.69) is 20.9 Å². The molecule has 0 N–H and O–H groups in total. The van der Waals surface area contributed by atoms with Crippen molar-refractivity contribution in [2.24, 2.45) is 0 Å². The fourth-order valence-corrected chi connectivity index (χ4v) is 2.11. The first-order valence-corrected chi connectivity index (χ1v) is 5.89. The second-order valence-electron chi connectivity index (χ2n) is 2.69. The van der Waals surface area contributed by atoms with Crippen molar-refractivity contribution in [1.29, 1.82) is 0 Å². The number of thioether (sulfide) groups is 1. The van der Waals surface area contributed by atoms with Gasteiger partial charge >= 0.3 is 0 Å². The van der Waals surface area contributed by atoms with Crippen molar-refractivity contribution in [3.05, 3.63) is 47.0 Å². The highest BCUT2D eigenvalue weighted by molar-refractivity contribution is 9.10. The summed E-state index contributed by atoms with van der Waals surface area (Å²) >= 11 is 5.00. The summed E-state index contributed by atoms with van der Waals surface area (Å²) in [7, 11) is 0. The maximum absolute atomic E-state index is 5.29. The molecule has 2 rings (SSSR count). The van der Waals surface area contributed by atoms with E-state index in [4.69, 9.17) is 4.42 Å². The Morgan fingerprint density at radius 3 is 3.00 bits per heavy atom. The van der Waals surface area contributed by atoms with Crippen molar-refractivity contribution < 1.29 is 4.42 Å². The third kappa shape index (κ3) is 2.62. The first-order valence-electron chi connectivity index (χ1n) is 4.11. The zero-order chi connectivity index (χ0) is 9.80. The number of aromatic nitrogens is 1. The molecule has 2 heterocycles. The molecular formula is C10H8BrNOS. The average molecular weight is 270 g/mol. The molecule has 4 heteroatoms. The molecule has 0 aliphatic rings. The third-order valence-corrected chi connectivity index (χ3v) is 3.00. The van der Waals surface area contributed by atoms with Crippen LogP contribution in [0.2, 0.25) is 0 Å². The molecule has 0 spiro atoms. The Bertz CT molecular complexity index is 402. The predicted molar refractivity (Wildman–Crippen MR) is 60.2 cm³/mol. The van der Waals surface area contributed by atoms with E-state index in [0.29, 0.717) is 0 Å². The minimum Gasteiger partial charge on any atom is -0.467 e. The minimum absolute atomic E-state index is 0.808. The smallest absolute Gasteiger partial charge is 0.115 e. The molecule has 0 fully saturated rings. The fraction of sp³-hybridized carbons (Fsp3) is 0.100. The van der Waals surface area contributed by atoms with E-state index in [1.807, 2.05) is 24.3 Å². The van der Waals surface area contributed by atoms with Crippen molar-refractivity contribution in [2.45, 2.75) is 10.8 Å². The van der Waals surface area contributed by atoms with Crippen LogP contribution in [0.4, 0.5) is 0 Å². The third-order valence-electron chi connectivity index (χ3n) is 1.62. The van der Waals surface area contributed by atoms with Crippen LogP contribution in [0, 0.1) is 0 Å². The van der Waals surface area contributed by atoms with Gasteiger partial charge in [-0.2, -0.15) is 0 Å². The maximum Gasteiger partial charge on any atom is 0.115 e. The lowest BCUT2D eigenvalue weighted by molar-refractivity contribution is 0.529. The monoisotopic (exact) mass is 269 g/mol. The molecule has 0 saturated heterocycles. The highest BCUT2D eigenvalue weighted by atomic mass is 79.9. The van der Waals surface area contributed by atoms with Crippen LogP contribution in [0.5, 0.6) is 0 Å². The lowest BCUT2D eigenvalue weighted by Gasteiger charge is -1.96. The highest BCUT2D eigenvalue weighted by Crippen LogP contribution is 2.23. The second kappa shape index (κ2) is 4.66. The molecule has 72 valence electrons. The Morgan fingerprint density at radius 1 is 1.43 bits per heavy atom. The van der Waals surface area contributed by atoms with Gasteiger partial charge in [-0.1, -0.05) is 17.8 Å². The summed E-state index contributed by atoms with van der Waals surface area (Å²) in [5.41, 5.74) is 0. The van der Waals surface area contributed by atoms with Gasteiger partial charge < -0.3 is 4.42 Å². The van der Waals surface area contributed by atoms with E-state index in [-0.39, 0.29) is 0 Å². The van der Waals surface area contributed by atoms with Crippen LogP contribution in [0.3, 0.4) is 0 Å². The molecule has 2 aromatic heterocycles. The van der Waals surface area contributed by atoms with Crippen LogP contribution < -0.4 is 0 Å². The lowest BCUT2D eigenvalue weighted by atomic mass is 10.5. The summed E-state index contributed by atoms with van der Waals surface area (Å²) in [6.07, 6.45) is 3.48. The predicted octanol–water partition coefficient (Wildman–Crippen LogP) is 3.73.